The van der Waals surface area contributed by atoms with Crippen LogP contribution in [0.4, 0.5) is 0 Å². The standard InChI is InChI=1S/C27H25N3O4/c1-29-16-18-14-22(33-3)23(34-4)15-21(18)24-25(17-10-12-20(32-2)13-11-17)28-30(26(24)27(29)31)19-8-6-5-7-9-19/h5-15H,16H2,1-4H3. The number of aromatic nitrogens is 2. The van der Waals surface area contributed by atoms with Crippen molar-refractivity contribution >= 4 is 5.91 Å². The largest absolute Gasteiger partial charge is 0.497 e. The van der Waals surface area contributed by atoms with Crippen molar-refractivity contribution in [1.29, 1.82) is 0 Å². The van der Waals surface area contributed by atoms with Gasteiger partial charge in [0.05, 0.1) is 27.0 Å². The van der Waals surface area contributed by atoms with E-state index in [0.717, 1.165) is 33.7 Å². The summed E-state index contributed by atoms with van der Waals surface area (Å²) in [4.78, 5) is 15.4. The second kappa shape index (κ2) is 8.59. The number of methoxy groups -OCH3 is 3. The van der Waals surface area contributed by atoms with Gasteiger partial charge in [0.1, 0.15) is 17.1 Å². The number of amides is 1. The normalized spacial score (nSPS) is 12.6. The lowest BCUT2D eigenvalue weighted by molar-refractivity contribution is 0.0779. The molecule has 7 nitrogen and oxygen atoms in total. The highest BCUT2D eigenvalue weighted by molar-refractivity contribution is 6.05. The molecule has 0 saturated carbocycles. The predicted molar refractivity (Wildman–Crippen MR) is 130 cm³/mol. The molecule has 172 valence electrons. The monoisotopic (exact) mass is 455 g/mol. The SMILES string of the molecule is COc1ccc(-c2nn(-c3ccccc3)c3c2-c2cc(OC)c(OC)cc2CN(C)C3=O)cc1. The van der Waals surface area contributed by atoms with E-state index in [0.29, 0.717) is 29.4 Å². The Labute approximate surface area is 198 Å². The highest BCUT2D eigenvalue weighted by Crippen LogP contribution is 2.44. The van der Waals surface area contributed by atoms with Gasteiger partial charge in [-0.3, -0.25) is 4.79 Å². The number of fused-ring (bicyclic) bond motifs is 3. The first-order valence-corrected chi connectivity index (χ1v) is 10.9. The number of hydrogen-bond acceptors (Lipinski definition) is 5. The first-order valence-electron chi connectivity index (χ1n) is 10.9. The molecule has 0 fully saturated rings. The summed E-state index contributed by atoms with van der Waals surface area (Å²) in [5.41, 5.74) is 5.51. The minimum Gasteiger partial charge on any atom is -0.497 e. The third kappa shape index (κ3) is 3.46. The Morgan fingerprint density at radius 3 is 2.18 bits per heavy atom. The Balaban J connectivity index is 1.87. The Bertz CT molecular complexity index is 1360. The van der Waals surface area contributed by atoms with E-state index in [9.17, 15) is 4.79 Å². The average molecular weight is 456 g/mol. The Hall–Kier alpha value is -4.26. The van der Waals surface area contributed by atoms with Gasteiger partial charge in [-0.25, -0.2) is 4.68 Å². The molecular weight excluding hydrogens is 430 g/mol. The van der Waals surface area contributed by atoms with Crippen LogP contribution in [0.5, 0.6) is 17.2 Å². The third-order valence-corrected chi connectivity index (χ3v) is 6.09. The van der Waals surface area contributed by atoms with Gasteiger partial charge >= 0.3 is 0 Å². The average Bonchev–Trinajstić information content (AvgIpc) is 3.24. The molecule has 2 heterocycles. The zero-order valence-electron chi connectivity index (χ0n) is 19.5. The Morgan fingerprint density at radius 1 is 0.853 bits per heavy atom. The molecular formula is C27H25N3O4. The van der Waals surface area contributed by atoms with Gasteiger partial charge in [0.2, 0.25) is 0 Å². The molecule has 1 aliphatic heterocycles. The van der Waals surface area contributed by atoms with Crippen LogP contribution >= 0.6 is 0 Å². The molecule has 0 unspecified atom stereocenters. The highest BCUT2D eigenvalue weighted by Gasteiger charge is 2.33. The van der Waals surface area contributed by atoms with Crippen LogP contribution in [0.15, 0.2) is 66.7 Å². The van der Waals surface area contributed by atoms with E-state index in [1.54, 1.807) is 38.0 Å². The summed E-state index contributed by atoms with van der Waals surface area (Å²) in [6, 6.07) is 21.3. The van der Waals surface area contributed by atoms with E-state index in [1.807, 2.05) is 66.7 Å². The molecule has 1 aromatic heterocycles. The van der Waals surface area contributed by atoms with Gasteiger partial charge in [-0.2, -0.15) is 5.10 Å². The van der Waals surface area contributed by atoms with Crippen LogP contribution in [0, 0.1) is 0 Å². The van der Waals surface area contributed by atoms with Crippen LogP contribution in [-0.4, -0.2) is 49.0 Å². The summed E-state index contributed by atoms with van der Waals surface area (Å²) in [6.45, 7) is 0.431. The summed E-state index contributed by atoms with van der Waals surface area (Å²) in [5, 5.41) is 4.97. The topological polar surface area (TPSA) is 65.8 Å². The highest BCUT2D eigenvalue weighted by atomic mass is 16.5. The van der Waals surface area contributed by atoms with E-state index in [2.05, 4.69) is 0 Å². The maximum Gasteiger partial charge on any atom is 0.273 e. The van der Waals surface area contributed by atoms with E-state index < -0.39 is 0 Å². The van der Waals surface area contributed by atoms with Crippen LogP contribution in [0.3, 0.4) is 0 Å². The van der Waals surface area contributed by atoms with E-state index in [-0.39, 0.29) is 5.91 Å². The van der Waals surface area contributed by atoms with Gasteiger partial charge in [0.25, 0.3) is 5.91 Å². The number of carbonyl (C=O) groups is 1. The van der Waals surface area contributed by atoms with Gasteiger partial charge < -0.3 is 19.1 Å². The molecule has 7 heteroatoms. The zero-order chi connectivity index (χ0) is 23.8. The van der Waals surface area contributed by atoms with Gasteiger partial charge in [-0.05, 0) is 59.7 Å². The van der Waals surface area contributed by atoms with Crippen LogP contribution < -0.4 is 14.2 Å². The minimum absolute atomic E-state index is 0.111. The van der Waals surface area contributed by atoms with E-state index in [4.69, 9.17) is 19.3 Å². The molecule has 0 N–H and O–H groups in total. The third-order valence-electron chi connectivity index (χ3n) is 6.09. The first kappa shape index (κ1) is 21.6. The van der Waals surface area contributed by atoms with Gasteiger partial charge in [-0.1, -0.05) is 18.2 Å². The number of benzene rings is 3. The Morgan fingerprint density at radius 2 is 1.53 bits per heavy atom. The van der Waals surface area contributed by atoms with Crippen molar-refractivity contribution in [3.05, 3.63) is 78.0 Å². The number of nitrogens with zero attached hydrogens (tertiary/aromatic N) is 3. The van der Waals surface area contributed by atoms with E-state index >= 15 is 0 Å². The molecule has 0 radical (unpaired) electrons. The maximum absolute atomic E-state index is 13.7. The predicted octanol–water partition coefficient (Wildman–Crippen LogP) is 4.82. The number of ether oxygens (including phenoxy) is 3. The summed E-state index contributed by atoms with van der Waals surface area (Å²) in [7, 11) is 6.65. The lowest BCUT2D eigenvalue weighted by atomic mass is 9.95. The minimum atomic E-state index is -0.111. The second-order valence-corrected chi connectivity index (χ2v) is 8.07. The number of rotatable bonds is 5. The molecule has 0 saturated heterocycles. The van der Waals surface area contributed by atoms with Crippen molar-refractivity contribution in [2.45, 2.75) is 6.54 Å². The fourth-order valence-corrected chi connectivity index (χ4v) is 4.37. The van der Waals surface area contributed by atoms with Gasteiger partial charge in [0.15, 0.2) is 11.5 Å². The van der Waals surface area contributed by atoms with Crippen molar-refractivity contribution in [3.63, 3.8) is 0 Å². The molecule has 0 spiro atoms. The molecule has 1 amide bonds. The van der Waals surface area contributed by atoms with Crippen molar-refractivity contribution in [3.8, 4) is 45.3 Å². The molecule has 34 heavy (non-hydrogen) atoms. The number of hydrogen-bond donors (Lipinski definition) is 0. The van der Waals surface area contributed by atoms with Crippen LogP contribution in [0.2, 0.25) is 0 Å². The lowest BCUT2D eigenvalue weighted by Crippen LogP contribution is -2.27. The molecule has 1 aliphatic rings. The van der Waals surface area contributed by atoms with Gasteiger partial charge in [0, 0.05) is 24.7 Å². The second-order valence-electron chi connectivity index (χ2n) is 8.07. The quantitative estimate of drug-likeness (QED) is 0.432. The summed E-state index contributed by atoms with van der Waals surface area (Å²) in [6.07, 6.45) is 0. The molecule has 0 atom stereocenters. The fraction of sp³-hybridized carbons (Fsp3) is 0.185. The molecule has 5 rings (SSSR count). The molecule has 0 aliphatic carbocycles. The van der Waals surface area contributed by atoms with Gasteiger partial charge in [-0.15, -0.1) is 0 Å². The van der Waals surface area contributed by atoms with Crippen molar-refractivity contribution in [2.24, 2.45) is 0 Å². The number of para-hydroxylation sites is 1. The van der Waals surface area contributed by atoms with Crippen LogP contribution in [0.25, 0.3) is 28.1 Å². The molecule has 4 aromatic rings. The van der Waals surface area contributed by atoms with E-state index in [1.165, 1.54) is 0 Å². The van der Waals surface area contributed by atoms with Crippen molar-refractivity contribution < 1.29 is 19.0 Å². The number of carbonyl (C=O) groups excluding carboxylic acids is 1. The maximum atomic E-state index is 13.7. The Kier molecular flexibility index (Phi) is 5.45. The lowest BCUT2D eigenvalue weighted by Gasteiger charge is -2.17. The summed E-state index contributed by atoms with van der Waals surface area (Å²) < 4.78 is 18.2. The van der Waals surface area contributed by atoms with Crippen molar-refractivity contribution in [2.75, 3.05) is 28.4 Å². The molecule has 0 bridgehead atoms. The molecule has 3 aromatic carbocycles. The fourth-order valence-electron chi connectivity index (χ4n) is 4.37. The summed E-state index contributed by atoms with van der Waals surface area (Å²) >= 11 is 0. The zero-order valence-corrected chi connectivity index (χ0v) is 19.5. The summed E-state index contributed by atoms with van der Waals surface area (Å²) in [5.74, 6) is 1.85. The first-order chi connectivity index (χ1) is 16.5. The van der Waals surface area contributed by atoms with Crippen LogP contribution in [-0.2, 0) is 6.54 Å². The van der Waals surface area contributed by atoms with Crippen molar-refractivity contribution in [1.82, 2.24) is 14.7 Å². The van der Waals surface area contributed by atoms with Crippen LogP contribution in [0.1, 0.15) is 16.1 Å². The smallest absolute Gasteiger partial charge is 0.273 e.